The molecule has 5 heteroatoms. The van der Waals surface area contributed by atoms with Gasteiger partial charge >= 0.3 is 0 Å². The number of halogens is 2. The minimum absolute atomic E-state index is 0.528. The van der Waals surface area contributed by atoms with Crippen molar-refractivity contribution in [3.8, 4) is 0 Å². The van der Waals surface area contributed by atoms with Crippen molar-refractivity contribution in [2.45, 2.75) is 45.1 Å². The van der Waals surface area contributed by atoms with E-state index in [2.05, 4.69) is 21.1 Å². The zero-order valence-corrected chi connectivity index (χ0v) is 13.6. The van der Waals surface area contributed by atoms with Crippen molar-refractivity contribution in [2.75, 3.05) is 5.32 Å². The van der Waals surface area contributed by atoms with Gasteiger partial charge in [0.05, 0.1) is 21.4 Å². The molecule has 0 aliphatic heterocycles. The Morgan fingerprint density at radius 1 is 1.19 bits per heavy atom. The summed E-state index contributed by atoms with van der Waals surface area (Å²) in [6.45, 7) is 2.02. The molecule has 0 bridgehead atoms. The Bertz CT molecular complexity index is 630. The van der Waals surface area contributed by atoms with Gasteiger partial charge < -0.3 is 9.88 Å². The monoisotopic (exact) mass is 323 g/mol. The highest BCUT2D eigenvalue weighted by Gasteiger charge is 2.19. The van der Waals surface area contributed by atoms with Crippen LogP contribution in [-0.4, -0.2) is 9.55 Å². The third-order valence-corrected chi connectivity index (χ3v) is 4.84. The predicted octanol–water partition coefficient (Wildman–Crippen LogP) is 5.75. The SMILES string of the molecule is Cc1cn(C2CCCCC2)c(Nc2cccc(Cl)c2Cl)n1. The number of hydrogen-bond acceptors (Lipinski definition) is 2. The zero-order chi connectivity index (χ0) is 14.8. The molecule has 1 aliphatic rings. The first kappa shape index (κ1) is 14.7. The molecule has 3 rings (SSSR count). The molecule has 0 atom stereocenters. The van der Waals surface area contributed by atoms with E-state index in [0.717, 1.165) is 17.3 Å². The molecule has 0 unspecified atom stereocenters. The molecule has 1 aliphatic carbocycles. The summed E-state index contributed by atoms with van der Waals surface area (Å²) in [6, 6.07) is 6.12. The van der Waals surface area contributed by atoms with E-state index in [1.807, 2.05) is 19.1 Å². The van der Waals surface area contributed by atoms with Crippen molar-refractivity contribution in [3.63, 3.8) is 0 Å². The second-order valence-corrected chi connectivity index (χ2v) is 6.42. The molecule has 0 spiro atoms. The van der Waals surface area contributed by atoms with Crippen LogP contribution in [0.5, 0.6) is 0 Å². The minimum atomic E-state index is 0.528. The van der Waals surface area contributed by atoms with Gasteiger partial charge in [0.25, 0.3) is 0 Å². The van der Waals surface area contributed by atoms with Crippen LogP contribution in [0.25, 0.3) is 0 Å². The summed E-state index contributed by atoms with van der Waals surface area (Å²) in [7, 11) is 0. The highest BCUT2D eigenvalue weighted by atomic mass is 35.5. The van der Waals surface area contributed by atoms with Crippen molar-refractivity contribution in [1.82, 2.24) is 9.55 Å². The Hall–Kier alpha value is -1.19. The normalized spacial score (nSPS) is 16.1. The number of rotatable bonds is 3. The van der Waals surface area contributed by atoms with E-state index in [9.17, 15) is 0 Å². The molecule has 112 valence electrons. The van der Waals surface area contributed by atoms with Crippen LogP contribution in [0.2, 0.25) is 10.0 Å². The van der Waals surface area contributed by atoms with Gasteiger partial charge in [-0.3, -0.25) is 0 Å². The molecule has 1 saturated carbocycles. The van der Waals surface area contributed by atoms with E-state index in [1.165, 1.54) is 32.1 Å². The Labute approximate surface area is 135 Å². The van der Waals surface area contributed by atoms with Crippen molar-refractivity contribution >= 4 is 34.8 Å². The molecule has 1 aromatic carbocycles. The maximum atomic E-state index is 6.26. The summed E-state index contributed by atoms with van der Waals surface area (Å²) in [5, 5.41) is 4.42. The van der Waals surface area contributed by atoms with Gasteiger partial charge in [0.15, 0.2) is 0 Å². The van der Waals surface area contributed by atoms with E-state index >= 15 is 0 Å². The average molecular weight is 324 g/mol. The van der Waals surface area contributed by atoms with Gasteiger partial charge in [-0.15, -0.1) is 0 Å². The maximum Gasteiger partial charge on any atom is 0.207 e. The van der Waals surface area contributed by atoms with E-state index in [-0.39, 0.29) is 0 Å². The standard InChI is InChI=1S/C16H19Cl2N3/c1-11-10-21(12-6-3-2-4-7-12)16(19-11)20-14-9-5-8-13(17)15(14)18/h5,8-10,12H,2-4,6-7H2,1H3,(H,19,20). The Morgan fingerprint density at radius 3 is 2.71 bits per heavy atom. The molecule has 0 amide bonds. The number of hydrogen-bond donors (Lipinski definition) is 1. The first-order valence-electron chi connectivity index (χ1n) is 7.41. The molecule has 21 heavy (non-hydrogen) atoms. The van der Waals surface area contributed by atoms with Crippen LogP contribution in [0.4, 0.5) is 11.6 Å². The lowest BCUT2D eigenvalue weighted by molar-refractivity contribution is 0.356. The first-order valence-corrected chi connectivity index (χ1v) is 8.17. The van der Waals surface area contributed by atoms with Gasteiger partial charge in [-0.25, -0.2) is 4.98 Å². The van der Waals surface area contributed by atoms with E-state index < -0.39 is 0 Å². The Balaban J connectivity index is 1.89. The third-order valence-electron chi connectivity index (χ3n) is 4.02. The van der Waals surface area contributed by atoms with Crippen LogP contribution in [-0.2, 0) is 0 Å². The molecule has 0 saturated heterocycles. The van der Waals surface area contributed by atoms with Crippen LogP contribution in [0.3, 0.4) is 0 Å². The molecular weight excluding hydrogens is 305 g/mol. The summed E-state index contributed by atoms with van der Waals surface area (Å²) in [5.74, 6) is 0.851. The largest absolute Gasteiger partial charge is 0.324 e. The smallest absolute Gasteiger partial charge is 0.207 e. The minimum Gasteiger partial charge on any atom is -0.324 e. The Kier molecular flexibility index (Phi) is 4.41. The topological polar surface area (TPSA) is 29.9 Å². The van der Waals surface area contributed by atoms with Crippen molar-refractivity contribution in [2.24, 2.45) is 0 Å². The molecule has 1 N–H and O–H groups in total. The molecule has 3 nitrogen and oxygen atoms in total. The zero-order valence-electron chi connectivity index (χ0n) is 12.1. The molecule has 1 fully saturated rings. The lowest BCUT2D eigenvalue weighted by Gasteiger charge is -2.25. The second-order valence-electron chi connectivity index (χ2n) is 5.63. The predicted molar refractivity (Wildman–Crippen MR) is 88.8 cm³/mol. The van der Waals surface area contributed by atoms with Gasteiger partial charge in [-0.1, -0.05) is 48.5 Å². The fraction of sp³-hybridized carbons (Fsp3) is 0.438. The summed E-state index contributed by atoms with van der Waals surface area (Å²) < 4.78 is 2.26. The molecule has 0 radical (unpaired) electrons. The van der Waals surface area contributed by atoms with Crippen LogP contribution >= 0.6 is 23.2 Å². The summed E-state index contributed by atoms with van der Waals surface area (Å²) in [4.78, 5) is 4.60. The van der Waals surface area contributed by atoms with Crippen LogP contribution < -0.4 is 5.32 Å². The highest BCUT2D eigenvalue weighted by molar-refractivity contribution is 6.43. The van der Waals surface area contributed by atoms with Gasteiger partial charge in [0.2, 0.25) is 5.95 Å². The van der Waals surface area contributed by atoms with Crippen LogP contribution in [0.15, 0.2) is 24.4 Å². The van der Waals surface area contributed by atoms with Gasteiger partial charge in [-0.05, 0) is 31.9 Å². The molecule has 1 heterocycles. The number of aromatic nitrogens is 2. The van der Waals surface area contributed by atoms with Crippen molar-refractivity contribution in [3.05, 3.63) is 40.1 Å². The summed E-state index contributed by atoms with van der Waals surface area (Å²) in [5.41, 5.74) is 1.81. The third kappa shape index (κ3) is 3.19. The Morgan fingerprint density at radius 2 is 1.95 bits per heavy atom. The number of imidazole rings is 1. The fourth-order valence-electron chi connectivity index (χ4n) is 2.97. The van der Waals surface area contributed by atoms with E-state index in [4.69, 9.17) is 23.2 Å². The van der Waals surface area contributed by atoms with Crippen LogP contribution in [0, 0.1) is 6.92 Å². The second kappa shape index (κ2) is 6.29. The summed E-state index contributed by atoms with van der Waals surface area (Å²) >= 11 is 12.3. The fourth-order valence-corrected chi connectivity index (χ4v) is 3.31. The number of benzene rings is 1. The van der Waals surface area contributed by atoms with Crippen molar-refractivity contribution < 1.29 is 0 Å². The molecule has 1 aromatic heterocycles. The van der Waals surface area contributed by atoms with Gasteiger partial charge in [0.1, 0.15) is 0 Å². The summed E-state index contributed by atoms with van der Waals surface area (Å²) in [6.07, 6.45) is 8.48. The van der Waals surface area contributed by atoms with E-state index in [1.54, 1.807) is 6.07 Å². The first-order chi connectivity index (χ1) is 10.1. The highest BCUT2D eigenvalue weighted by Crippen LogP contribution is 2.34. The number of nitrogens with one attached hydrogen (secondary N) is 1. The molecule has 2 aromatic rings. The lowest BCUT2D eigenvalue weighted by atomic mass is 9.95. The van der Waals surface area contributed by atoms with Crippen molar-refractivity contribution in [1.29, 1.82) is 0 Å². The van der Waals surface area contributed by atoms with Gasteiger partial charge in [-0.2, -0.15) is 0 Å². The quantitative estimate of drug-likeness (QED) is 0.779. The van der Waals surface area contributed by atoms with Crippen LogP contribution in [0.1, 0.15) is 43.8 Å². The van der Waals surface area contributed by atoms with E-state index in [0.29, 0.717) is 16.1 Å². The number of nitrogens with zero attached hydrogens (tertiary/aromatic N) is 2. The van der Waals surface area contributed by atoms with Gasteiger partial charge in [0, 0.05) is 12.2 Å². The lowest BCUT2D eigenvalue weighted by Crippen LogP contribution is -2.14. The molecular formula is C16H19Cl2N3. The average Bonchev–Trinajstić information content (AvgIpc) is 2.86. The number of aryl methyl sites for hydroxylation is 1. The maximum absolute atomic E-state index is 6.26. The number of anilines is 2.